The van der Waals surface area contributed by atoms with Crippen molar-refractivity contribution in [1.82, 2.24) is 0 Å². The van der Waals surface area contributed by atoms with Gasteiger partial charge in [-0.2, -0.15) is 0 Å². The molecule has 1 aliphatic heterocycles. The van der Waals surface area contributed by atoms with Gasteiger partial charge in [-0.15, -0.1) is 0 Å². The molecule has 0 aromatic heterocycles. The number of ether oxygens (including phenoxy) is 2. The fraction of sp³-hybridized carbons (Fsp3) is 0.467. The molecule has 0 bridgehead atoms. The van der Waals surface area contributed by atoms with Crippen LogP contribution in [0.25, 0.3) is 0 Å². The van der Waals surface area contributed by atoms with Gasteiger partial charge in [-0.3, -0.25) is 9.59 Å². The molecule has 5 heteroatoms. The first-order valence-corrected chi connectivity index (χ1v) is 6.56. The molecule has 1 aromatic rings. The van der Waals surface area contributed by atoms with Gasteiger partial charge in [0.2, 0.25) is 0 Å². The van der Waals surface area contributed by atoms with E-state index >= 15 is 0 Å². The predicted octanol–water partition coefficient (Wildman–Crippen LogP) is 2.53. The Morgan fingerprint density at radius 2 is 1.85 bits per heavy atom. The Balaban J connectivity index is 2.19. The third kappa shape index (κ3) is 3.10. The van der Waals surface area contributed by atoms with Crippen LogP contribution in [0.4, 0.5) is 0 Å². The van der Waals surface area contributed by atoms with Gasteiger partial charge >= 0.3 is 5.97 Å². The monoisotopic (exact) mass is 278 g/mol. The Kier molecular flexibility index (Phi) is 3.97. The number of carbonyl (C=O) groups is 2. The zero-order chi connectivity index (χ0) is 14.8. The van der Waals surface area contributed by atoms with Crippen LogP contribution in [-0.4, -0.2) is 30.1 Å². The van der Waals surface area contributed by atoms with E-state index in [9.17, 15) is 9.59 Å². The van der Waals surface area contributed by atoms with Gasteiger partial charge in [0, 0.05) is 18.4 Å². The molecular weight excluding hydrogens is 260 g/mol. The van der Waals surface area contributed by atoms with Crippen LogP contribution < -0.4 is 9.47 Å². The van der Waals surface area contributed by atoms with Gasteiger partial charge < -0.3 is 14.6 Å². The lowest BCUT2D eigenvalue weighted by Gasteiger charge is -2.18. The third-order valence-corrected chi connectivity index (χ3v) is 3.25. The van der Waals surface area contributed by atoms with Crippen molar-refractivity contribution in [2.75, 3.05) is 13.2 Å². The molecule has 0 saturated heterocycles. The predicted molar refractivity (Wildman–Crippen MR) is 72.4 cm³/mol. The minimum Gasteiger partial charge on any atom is -0.490 e. The van der Waals surface area contributed by atoms with E-state index < -0.39 is 11.4 Å². The molecule has 0 unspecified atom stereocenters. The summed E-state index contributed by atoms with van der Waals surface area (Å²) in [5.41, 5.74) is -0.634. The van der Waals surface area contributed by atoms with Crippen LogP contribution >= 0.6 is 0 Å². The summed E-state index contributed by atoms with van der Waals surface area (Å²) in [6, 6.07) is 4.97. The van der Waals surface area contributed by atoms with E-state index in [0.717, 1.165) is 6.42 Å². The fourth-order valence-electron chi connectivity index (χ4n) is 1.92. The summed E-state index contributed by atoms with van der Waals surface area (Å²) in [7, 11) is 0. The minimum atomic E-state index is -1.08. The second-order valence-corrected chi connectivity index (χ2v) is 5.50. The maximum Gasteiger partial charge on any atom is 0.309 e. The summed E-state index contributed by atoms with van der Waals surface area (Å²) in [5.74, 6) is -0.0359. The minimum absolute atomic E-state index is 0.0536. The number of aliphatic carboxylic acids is 1. The molecule has 1 aliphatic rings. The quantitative estimate of drug-likeness (QED) is 0.857. The van der Waals surface area contributed by atoms with Crippen molar-refractivity contribution in [2.45, 2.75) is 26.7 Å². The molecule has 0 atom stereocenters. The number of benzene rings is 1. The van der Waals surface area contributed by atoms with Gasteiger partial charge in [-0.25, -0.2) is 0 Å². The average Bonchev–Trinajstić information content (AvgIpc) is 2.62. The van der Waals surface area contributed by atoms with E-state index in [4.69, 9.17) is 14.6 Å². The van der Waals surface area contributed by atoms with Crippen LogP contribution in [0.1, 0.15) is 37.0 Å². The van der Waals surface area contributed by atoms with Gasteiger partial charge in [0.05, 0.1) is 18.6 Å². The van der Waals surface area contributed by atoms with Gasteiger partial charge in [-0.1, -0.05) is 0 Å². The topological polar surface area (TPSA) is 72.8 Å². The van der Waals surface area contributed by atoms with Crippen LogP contribution in [0.2, 0.25) is 0 Å². The molecule has 1 heterocycles. The van der Waals surface area contributed by atoms with Crippen molar-refractivity contribution in [3.05, 3.63) is 23.8 Å². The van der Waals surface area contributed by atoms with E-state index in [1.165, 1.54) is 13.8 Å². The lowest BCUT2D eigenvalue weighted by atomic mass is 9.85. The summed E-state index contributed by atoms with van der Waals surface area (Å²) < 4.78 is 11.0. The summed E-state index contributed by atoms with van der Waals surface area (Å²) in [4.78, 5) is 23.2. The molecule has 2 rings (SSSR count). The van der Waals surface area contributed by atoms with Crippen molar-refractivity contribution in [1.29, 1.82) is 0 Å². The maximum atomic E-state index is 12.2. The molecule has 20 heavy (non-hydrogen) atoms. The van der Waals surface area contributed by atoms with Gasteiger partial charge in [0.25, 0.3) is 0 Å². The lowest BCUT2D eigenvalue weighted by Crippen LogP contribution is -2.26. The number of hydrogen-bond donors (Lipinski definition) is 1. The number of carbonyl (C=O) groups excluding carboxylic acids is 1. The Labute approximate surface area is 117 Å². The summed E-state index contributed by atoms with van der Waals surface area (Å²) in [6.45, 7) is 4.21. The highest BCUT2D eigenvalue weighted by Crippen LogP contribution is 2.32. The molecule has 1 aromatic carbocycles. The number of ketones is 1. The van der Waals surface area contributed by atoms with Crippen molar-refractivity contribution >= 4 is 11.8 Å². The van der Waals surface area contributed by atoms with Crippen LogP contribution in [0.15, 0.2) is 18.2 Å². The van der Waals surface area contributed by atoms with Crippen molar-refractivity contribution in [3.8, 4) is 11.5 Å². The van der Waals surface area contributed by atoms with E-state index in [0.29, 0.717) is 30.3 Å². The first kappa shape index (κ1) is 14.4. The summed E-state index contributed by atoms with van der Waals surface area (Å²) in [6.07, 6.45) is 0.742. The molecule has 0 radical (unpaired) electrons. The van der Waals surface area contributed by atoms with Crippen molar-refractivity contribution in [3.63, 3.8) is 0 Å². The highest BCUT2D eigenvalue weighted by atomic mass is 16.5. The number of carboxylic acids is 1. The van der Waals surface area contributed by atoms with Crippen molar-refractivity contribution in [2.24, 2.45) is 5.41 Å². The van der Waals surface area contributed by atoms with Crippen LogP contribution in [-0.2, 0) is 4.79 Å². The molecule has 108 valence electrons. The molecule has 0 spiro atoms. The van der Waals surface area contributed by atoms with Gasteiger partial charge in [-0.05, 0) is 32.0 Å². The van der Waals surface area contributed by atoms with Gasteiger partial charge in [0.15, 0.2) is 17.3 Å². The second-order valence-electron chi connectivity index (χ2n) is 5.50. The molecule has 1 N–H and O–H groups in total. The number of fused-ring (bicyclic) bond motifs is 1. The molecule has 0 aliphatic carbocycles. The smallest absolute Gasteiger partial charge is 0.309 e. The van der Waals surface area contributed by atoms with E-state index in [1.807, 2.05) is 0 Å². The molecule has 0 saturated carbocycles. The Hall–Kier alpha value is -2.04. The summed E-state index contributed by atoms with van der Waals surface area (Å²) >= 11 is 0. The zero-order valence-electron chi connectivity index (χ0n) is 11.6. The standard InChI is InChI=1S/C15H18O5/c1-15(2,14(17)18)9-11(16)10-4-5-12-13(8-10)20-7-3-6-19-12/h4-5,8H,3,6-7,9H2,1-2H3,(H,17,18). The highest BCUT2D eigenvalue weighted by Gasteiger charge is 2.30. The fourth-order valence-corrected chi connectivity index (χ4v) is 1.92. The number of hydrogen-bond acceptors (Lipinski definition) is 4. The van der Waals surface area contributed by atoms with Crippen molar-refractivity contribution < 1.29 is 24.2 Å². The SMILES string of the molecule is CC(C)(CC(=O)c1ccc2c(c1)OCCCO2)C(=O)O. The molecule has 5 nitrogen and oxygen atoms in total. The number of carboxylic acid groups (broad SMARTS) is 1. The Bertz CT molecular complexity index is 533. The lowest BCUT2D eigenvalue weighted by molar-refractivity contribution is -0.146. The first-order chi connectivity index (χ1) is 9.40. The Morgan fingerprint density at radius 3 is 2.50 bits per heavy atom. The van der Waals surface area contributed by atoms with Crippen LogP contribution in [0, 0.1) is 5.41 Å². The molecule has 0 amide bonds. The third-order valence-electron chi connectivity index (χ3n) is 3.25. The normalized spacial score (nSPS) is 14.5. The zero-order valence-corrected chi connectivity index (χ0v) is 11.6. The number of rotatable bonds is 4. The molecule has 0 fully saturated rings. The highest BCUT2D eigenvalue weighted by molar-refractivity contribution is 5.99. The largest absolute Gasteiger partial charge is 0.490 e. The van der Waals surface area contributed by atoms with Crippen LogP contribution in [0.3, 0.4) is 0 Å². The number of Topliss-reactive ketones (excluding diaryl/α,β-unsaturated/α-hetero) is 1. The average molecular weight is 278 g/mol. The summed E-state index contributed by atoms with van der Waals surface area (Å²) in [5, 5.41) is 9.07. The molecular formula is C15H18O5. The first-order valence-electron chi connectivity index (χ1n) is 6.56. The Morgan fingerprint density at radius 1 is 1.20 bits per heavy atom. The van der Waals surface area contributed by atoms with E-state index in [1.54, 1.807) is 18.2 Å². The van der Waals surface area contributed by atoms with E-state index in [-0.39, 0.29) is 12.2 Å². The van der Waals surface area contributed by atoms with Crippen LogP contribution in [0.5, 0.6) is 11.5 Å². The second kappa shape index (κ2) is 5.53. The van der Waals surface area contributed by atoms with E-state index in [2.05, 4.69) is 0 Å². The van der Waals surface area contributed by atoms with Gasteiger partial charge in [0.1, 0.15) is 0 Å². The maximum absolute atomic E-state index is 12.2.